The van der Waals surface area contributed by atoms with E-state index in [4.69, 9.17) is 9.97 Å². The molecule has 5 unspecified atom stereocenters. The lowest BCUT2D eigenvalue weighted by molar-refractivity contribution is -0.110. The number of aromatic nitrogens is 2. The van der Waals surface area contributed by atoms with E-state index in [1.807, 2.05) is 12.2 Å². The number of rotatable bonds is 6. The highest BCUT2D eigenvalue weighted by Crippen LogP contribution is 2.64. The predicted molar refractivity (Wildman–Crippen MR) is 178 cm³/mol. The Kier molecular flexibility index (Phi) is 7.39. The van der Waals surface area contributed by atoms with E-state index in [9.17, 15) is 4.79 Å². The third kappa shape index (κ3) is 4.92. The summed E-state index contributed by atoms with van der Waals surface area (Å²) >= 11 is 0. The smallest absolute Gasteiger partial charge is 0.229 e. The van der Waals surface area contributed by atoms with E-state index in [-0.39, 0.29) is 11.2 Å². The maximum absolute atomic E-state index is 12.1. The fourth-order valence-electron chi connectivity index (χ4n) is 10.4. The van der Waals surface area contributed by atoms with Crippen LogP contribution in [0.1, 0.15) is 78.1 Å². The molecule has 0 N–H and O–H groups in total. The Balaban J connectivity index is 0.906. The minimum Gasteiger partial charge on any atom is -0.356 e. The Morgan fingerprint density at radius 2 is 1.52 bits per heavy atom. The molecule has 5 atom stereocenters. The van der Waals surface area contributed by atoms with Gasteiger partial charge in [0.15, 0.2) is 5.78 Å². The van der Waals surface area contributed by atoms with Crippen LogP contribution in [0.5, 0.6) is 0 Å². The maximum Gasteiger partial charge on any atom is 0.229 e. The quantitative estimate of drug-likeness (QED) is 0.372. The van der Waals surface area contributed by atoms with Crippen molar-refractivity contribution in [1.82, 2.24) is 14.9 Å². The van der Waals surface area contributed by atoms with E-state index < -0.39 is 0 Å². The normalized spacial score (nSPS) is 35.5. The van der Waals surface area contributed by atoms with Crippen LogP contribution < -0.4 is 14.7 Å². The molecule has 0 bridgehead atoms. The average Bonchev–Trinajstić information content (AvgIpc) is 3.83. The number of hydrogen-bond donors (Lipinski definition) is 0. The van der Waals surface area contributed by atoms with Crippen molar-refractivity contribution < 1.29 is 4.79 Å². The van der Waals surface area contributed by atoms with Crippen molar-refractivity contribution in [3.05, 3.63) is 41.5 Å². The van der Waals surface area contributed by atoms with Crippen LogP contribution in [0.2, 0.25) is 0 Å². The van der Waals surface area contributed by atoms with E-state index in [0.717, 1.165) is 88.2 Å². The number of fused-ring (bicyclic) bond motifs is 5. The van der Waals surface area contributed by atoms with E-state index >= 15 is 0 Å². The molecular formula is C37H52N6O. The Morgan fingerprint density at radius 3 is 2.25 bits per heavy atom. The second kappa shape index (κ2) is 11.3. The van der Waals surface area contributed by atoms with Gasteiger partial charge in [-0.2, -0.15) is 9.97 Å². The number of anilines is 3. The summed E-state index contributed by atoms with van der Waals surface area (Å²) in [5.41, 5.74) is 3.37. The molecule has 4 aliphatic carbocycles. The SMILES string of the molecule is CC12C=CC(=O)C=C1CCC1C2=CCC2(C)C(CCN3CCN(c4cc(N5CCCC5)nc(N5CCCC5)n4)CC3)CCC12. The van der Waals surface area contributed by atoms with Gasteiger partial charge < -0.3 is 14.7 Å². The molecule has 2 saturated carbocycles. The van der Waals surface area contributed by atoms with Gasteiger partial charge in [-0.25, -0.2) is 0 Å². The molecule has 4 heterocycles. The minimum absolute atomic E-state index is 0.0237. The van der Waals surface area contributed by atoms with Crippen molar-refractivity contribution >= 4 is 23.4 Å². The lowest BCUT2D eigenvalue weighted by atomic mass is 9.52. The van der Waals surface area contributed by atoms with Gasteiger partial charge in [0, 0.05) is 63.8 Å². The number of allylic oxidation sites excluding steroid dienone is 6. The highest BCUT2D eigenvalue weighted by Gasteiger charge is 2.55. The minimum atomic E-state index is -0.0237. The summed E-state index contributed by atoms with van der Waals surface area (Å²) in [6.07, 6.45) is 21.2. The van der Waals surface area contributed by atoms with Crippen molar-refractivity contribution in [3.8, 4) is 0 Å². The molecule has 0 spiro atoms. The number of ketones is 1. The molecule has 236 valence electrons. The summed E-state index contributed by atoms with van der Waals surface area (Å²) in [6, 6.07) is 2.27. The van der Waals surface area contributed by atoms with Crippen LogP contribution in [0, 0.1) is 28.6 Å². The number of carbonyl (C=O) groups excluding carboxylic acids is 1. The summed E-state index contributed by atoms with van der Waals surface area (Å²) in [4.78, 5) is 32.4. The van der Waals surface area contributed by atoms with Crippen molar-refractivity contribution in [2.75, 3.05) is 73.6 Å². The molecule has 7 aliphatic rings. The fourth-order valence-corrected chi connectivity index (χ4v) is 10.4. The van der Waals surface area contributed by atoms with Gasteiger partial charge in [0.1, 0.15) is 11.6 Å². The molecule has 1 aromatic rings. The standard InChI is InChI=1S/C37H52N6O/c1-36-15-12-32-30(9-7-28-25-29(44)11-14-37(28,32)2)31(36)10-8-27(36)13-20-40-21-23-42(24-22-40)34-26-33(41-16-3-4-17-41)38-35(39-34)43-18-5-6-19-43/h11-12,14,25-27,30-31H,3-10,13,15-24H2,1-2H3. The van der Waals surface area contributed by atoms with Crippen LogP contribution in [-0.4, -0.2) is 79.6 Å². The molecule has 0 aromatic carbocycles. The lowest BCUT2D eigenvalue weighted by Gasteiger charge is -2.52. The zero-order valence-electron chi connectivity index (χ0n) is 27.1. The Bertz CT molecular complexity index is 1330. The fraction of sp³-hybridized carbons (Fsp3) is 0.703. The third-order valence-electron chi connectivity index (χ3n) is 13.1. The lowest BCUT2D eigenvalue weighted by Crippen LogP contribution is -2.48. The maximum atomic E-state index is 12.1. The van der Waals surface area contributed by atoms with Crippen molar-refractivity contribution in [2.45, 2.75) is 78.1 Å². The third-order valence-corrected chi connectivity index (χ3v) is 13.1. The number of nitrogens with zero attached hydrogens (tertiary/aromatic N) is 6. The largest absolute Gasteiger partial charge is 0.356 e. The van der Waals surface area contributed by atoms with Crippen LogP contribution in [0.15, 0.2) is 41.5 Å². The number of hydrogen-bond acceptors (Lipinski definition) is 7. The average molecular weight is 597 g/mol. The zero-order valence-corrected chi connectivity index (χ0v) is 27.1. The molecule has 7 nitrogen and oxygen atoms in total. The predicted octanol–water partition coefficient (Wildman–Crippen LogP) is 6.03. The van der Waals surface area contributed by atoms with Crippen LogP contribution in [0.3, 0.4) is 0 Å². The van der Waals surface area contributed by atoms with E-state index in [2.05, 4.69) is 51.7 Å². The first-order valence-corrected chi connectivity index (χ1v) is 17.9. The van der Waals surface area contributed by atoms with Gasteiger partial charge in [0.25, 0.3) is 0 Å². The highest BCUT2D eigenvalue weighted by molar-refractivity contribution is 6.01. The molecule has 7 heteroatoms. The summed E-state index contributed by atoms with van der Waals surface area (Å²) < 4.78 is 0. The van der Waals surface area contributed by atoms with Gasteiger partial charge in [-0.15, -0.1) is 0 Å². The van der Waals surface area contributed by atoms with Gasteiger partial charge in [0.05, 0.1) is 0 Å². The van der Waals surface area contributed by atoms with Gasteiger partial charge in [-0.3, -0.25) is 9.69 Å². The summed E-state index contributed by atoms with van der Waals surface area (Å²) in [5, 5.41) is 0. The molecule has 8 rings (SSSR count). The molecule has 5 fully saturated rings. The number of carbonyl (C=O) groups is 1. The van der Waals surface area contributed by atoms with Crippen LogP contribution in [0.25, 0.3) is 0 Å². The monoisotopic (exact) mass is 596 g/mol. The van der Waals surface area contributed by atoms with Gasteiger partial charge in [-0.1, -0.05) is 30.2 Å². The topological polar surface area (TPSA) is 55.8 Å². The molecule has 3 aliphatic heterocycles. The molecular weight excluding hydrogens is 544 g/mol. The van der Waals surface area contributed by atoms with Crippen molar-refractivity contribution in [3.63, 3.8) is 0 Å². The van der Waals surface area contributed by atoms with Crippen molar-refractivity contribution in [2.24, 2.45) is 28.6 Å². The first-order chi connectivity index (χ1) is 21.4. The second-order valence-electron chi connectivity index (χ2n) is 15.4. The first kappa shape index (κ1) is 28.8. The van der Waals surface area contributed by atoms with Gasteiger partial charge in [0.2, 0.25) is 5.95 Å². The van der Waals surface area contributed by atoms with Gasteiger partial charge >= 0.3 is 0 Å². The summed E-state index contributed by atoms with van der Waals surface area (Å²) in [7, 11) is 0. The van der Waals surface area contributed by atoms with E-state index in [1.165, 1.54) is 69.9 Å². The number of piperazine rings is 1. The zero-order chi connectivity index (χ0) is 29.9. The first-order valence-electron chi connectivity index (χ1n) is 17.9. The molecule has 44 heavy (non-hydrogen) atoms. The van der Waals surface area contributed by atoms with E-state index in [1.54, 1.807) is 5.57 Å². The molecule has 0 amide bonds. The Morgan fingerprint density at radius 1 is 0.841 bits per heavy atom. The molecule has 0 radical (unpaired) electrons. The van der Waals surface area contributed by atoms with Crippen LogP contribution in [-0.2, 0) is 4.79 Å². The highest BCUT2D eigenvalue weighted by atomic mass is 16.1. The molecule has 3 saturated heterocycles. The Labute approximate surface area is 264 Å². The summed E-state index contributed by atoms with van der Waals surface area (Å²) in [6.45, 7) is 15.0. The Hall–Kier alpha value is -2.67. The van der Waals surface area contributed by atoms with Crippen molar-refractivity contribution in [1.29, 1.82) is 0 Å². The van der Waals surface area contributed by atoms with Crippen LogP contribution in [0.4, 0.5) is 17.6 Å². The molecule has 1 aromatic heterocycles. The van der Waals surface area contributed by atoms with Crippen LogP contribution >= 0.6 is 0 Å². The summed E-state index contributed by atoms with van der Waals surface area (Å²) in [5.74, 6) is 5.69. The second-order valence-corrected chi connectivity index (χ2v) is 15.4. The van der Waals surface area contributed by atoms with Gasteiger partial charge in [-0.05, 0) is 113 Å². The van der Waals surface area contributed by atoms with E-state index in [0.29, 0.717) is 11.3 Å².